The van der Waals surface area contributed by atoms with Crippen LogP contribution in [0.3, 0.4) is 0 Å². The molecule has 24 heavy (non-hydrogen) atoms. The fourth-order valence-electron chi connectivity index (χ4n) is 2.27. The zero-order chi connectivity index (χ0) is 17.1. The topological polar surface area (TPSA) is 83.8 Å². The molecule has 0 saturated heterocycles. The third-order valence-electron chi connectivity index (χ3n) is 3.56. The molecule has 5 nitrogen and oxygen atoms in total. The number of nitrogens with one attached hydrogen (secondary N) is 2. The number of hydrogen-bond acceptors (Lipinski definition) is 3. The number of nitrogens with two attached hydrogens (primary N) is 1. The highest BCUT2D eigenvalue weighted by molar-refractivity contribution is 6.33. The van der Waals surface area contributed by atoms with Crippen LogP contribution in [0.15, 0.2) is 54.9 Å². The van der Waals surface area contributed by atoms with Gasteiger partial charge in [-0.2, -0.15) is 5.10 Å². The SMILES string of the molecule is NC(C(=O)Nc1ccc(-c2cn[nH]c2)c(Cl)c1)c1ccc(Cl)cc1. The van der Waals surface area contributed by atoms with E-state index in [2.05, 4.69) is 15.5 Å². The predicted molar refractivity (Wildman–Crippen MR) is 96.0 cm³/mol. The minimum absolute atomic E-state index is 0.329. The zero-order valence-electron chi connectivity index (χ0n) is 12.5. The Morgan fingerprint density at radius 2 is 1.92 bits per heavy atom. The Hall–Kier alpha value is -2.34. The maximum absolute atomic E-state index is 12.3. The number of hydrogen-bond donors (Lipinski definition) is 3. The Morgan fingerprint density at radius 3 is 2.54 bits per heavy atom. The number of amides is 1. The fourth-order valence-corrected chi connectivity index (χ4v) is 2.68. The van der Waals surface area contributed by atoms with Crippen LogP contribution in [0.5, 0.6) is 0 Å². The number of anilines is 1. The van der Waals surface area contributed by atoms with E-state index in [0.29, 0.717) is 21.3 Å². The van der Waals surface area contributed by atoms with Crippen molar-refractivity contribution in [3.63, 3.8) is 0 Å². The number of halogens is 2. The average molecular weight is 361 g/mol. The predicted octanol–water partition coefficient (Wildman–Crippen LogP) is 4.02. The first-order valence-corrected chi connectivity index (χ1v) is 7.91. The van der Waals surface area contributed by atoms with E-state index in [1.807, 2.05) is 6.07 Å². The molecule has 1 unspecified atom stereocenters. The number of aromatic amines is 1. The molecule has 0 aliphatic heterocycles. The first-order chi connectivity index (χ1) is 11.5. The van der Waals surface area contributed by atoms with Gasteiger partial charge in [0.2, 0.25) is 5.91 Å². The minimum Gasteiger partial charge on any atom is -0.324 e. The molecular formula is C17H14Cl2N4O. The van der Waals surface area contributed by atoms with Gasteiger partial charge < -0.3 is 11.1 Å². The summed E-state index contributed by atoms with van der Waals surface area (Å²) in [6.45, 7) is 0. The summed E-state index contributed by atoms with van der Waals surface area (Å²) in [5, 5.41) is 10.5. The van der Waals surface area contributed by atoms with E-state index in [9.17, 15) is 4.79 Å². The number of benzene rings is 2. The van der Waals surface area contributed by atoms with Crippen LogP contribution in [0.4, 0.5) is 5.69 Å². The second-order valence-corrected chi connectivity index (χ2v) is 6.04. The summed E-state index contributed by atoms with van der Waals surface area (Å²) in [6, 6.07) is 11.3. The van der Waals surface area contributed by atoms with Gasteiger partial charge in [0, 0.05) is 28.0 Å². The number of H-pyrrole nitrogens is 1. The van der Waals surface area contributed by atoms with Gasteiger partial charge in [-0.1, -0.05) is 41.4 Å². The standard InChI is InChI=1S/C17H14Cl2N4O/c18-12-3-1-10(2-4-12)16(20)17(24)23-13-5-6-14(15(19)7-13)11-8-21-22-9-11/h1-9,16H,20H2,(H,21,22)(H,23,24). The van der Waals surface area contributed by atoms with Crippen molar-refractivity contribution in [2.75, 3.05) is 5.32 Å². The van der Waals surface area contributed by atoms with E-state index in [0.717, 1.165) is 11.1 Å². The van der Waals surface area contributed by atoms with Gasteiger partial charge in [0.05, 0.1) is 11.2 Å². The van der Waals surface area contributed by atoms with E-state index in [1.165, 1.54) is 0 Å². The number of carbonyl (C=O) groups excluding carboxylic acids is 1. The molecule has 3 aromatic rings. The molecular weight excluding hydrogens is 347 g/mol. The highest BCUT2D eigenvalue weighted by Gasteiger charge is 2.16. The summed E-state index contributed by atoms with van der Waals surface area (Å²) in [6.07, 6.45) is 3.42. The van der Waals surface area contributed by atoms with Crippen LogP contribution in [0, 0.1) is 0 Å². The Bertz CT molecular complexity index is 848. The molecule has 1 aromatic heterocycles. The van der Waals surface area contributed by atoms with Crippen LogP contribution in [0.2, 0.25) is 10.0 Å². The summed E-state index contributed by atoms with van der Waals surface area (Å²) >= 11 is 12.1. The van der Waals surface area contributed by atoms with Crippen molar-refractivity contribution >= 4 is 34.8 Å². The number of carbonyl (C=O) groups is 1. The minimum atomic E-state index is -0.797. The molecule has 1 atom stereocenters. The van der Waals surface area contributed by atoms with Gasteiger partial charge >= 0.3 is 0 Å². The van der Waals surface area contributed by atoms with Crippen molar-refractivity contribution in [3.05, 3.63) is 70.5 Å². The lowest BCUT2D eigenvalue weighted by molar-refractivity contribution is -0.117. The number of nitrogens with zero attached hydrogens (tertiary/aromatic N) is 1. The second kappa shape index (κ2) is 7.05. The van der Waals surface area contributed by atoms with E-state index < -0.39 is 6.04 Å². The Kier molecular flexibility index (Phi) is 4.85. The van der Waals surface area contributed by atoms with E-state index in [1.54, 1.807) is 48.8 Å². The molecule has 0 saturated carbocycles. The monoisotopic (exact) mass is 360 g/mol. The van der Waals surface area contributed by atoms with Crippen molar-refractivity contribution < 1.29 is 4.79 Å². The molecule has 4 N–H and O–H groups in total. The van der Waals surface area contributed by atoms with Gasteiger partial charge in [-0.25, -0.2) is 0 Å². The number of aromatic nitrogens is 2. The van der Waals surface area contributed by atoms with Crippen molar-refractivity contribution in [2.24, 2.45) is 5.73 Å². The van der Waals surface area contributed by atoms with Crippen molar-refractivity contribution in [3.8, 4) is 11.1 Å². The van der Waals surface area contributed by atoms with Crippen molar-refractivity contribution in [2.45, 2.75) is 6.04 Å². The molecule has 3 rings (SSSR count). The largest absolute Gasteiger partial charge is 0.324 e. The highest BCUT2D eigenvalue weighted by atomic mass is 35.5. The maximum atomic E-state index is 12.3. The molecule has 1 amide bonds. The third-order valence-corrected chi connectivity index (χ3v) is 4.12. The lowest BCUT2D eigenvalue weighted by Gasteiger charge is -2.13. The van der Waals surface area contributed by atoms with Gasteiger partial charge in [0.15, 0.2) is 0 Å². The molecule has 0 spiro atoms. The Labute approximate surface area is 148 Å². The normalized spacial score (nSPS) is 12.0. The Morgan fingerprint density at radius 1 is 1.17 bits per heavy atom. The molecule has 122 valence electrons. The number of rotatable bonds is 4. The lowest BCUT2D eigenvalue weighted by atomic mass is 10.1. The highest BCUT2D eigenvalue weighted by Crippen LogP contribution is 2.30. The first-order valence-electron chi connectivity index (χ1n) is 7.15. The van der Waals surface area contributed by atoms with Crippen molar-refractivity contribution in [1.29, 1.82) is 0 Å². The molecule has 0 radical (unpaired) electrons. The van der Waals surface area contributed by atoms with Gasteiger partial charge in [-0.15, -0.1) is 0 Å². The molecule has 0 bridgehead atoms. The van der Waals surface area contributed by atoms with Crippen LogP contribution in [0.25, 0.3) is 11.1 Å². The summed E-state index contributed by atoms with van der Waals surface area (Å²) in [5.74, 6) is -0.329. The molecule has 7 heteroatoms. The summed E-state index contributed by atoms with van der Waals surface area (Å²) < 4.78 is 0. The van der Waals surface area contributed by atoms with E-state index in [4.69, 9.17) is 28.9 Å². The first kappa shape index (κ1) is 16.5. The van der Waals surface area contributed by atoms with Crippen molar-refractivity contribution in [1.82, 2.24) is 10.2 Å². The van der Waals surface area contributed by atoms with Gasteiger partial charge in [0.1, 0.15) is 6.04 Å². The van der Waals surface area contributed by atoms with E-state index in [-0.39, 0.29) is 5.91 Å². The summed E-state index contributed by atoms with van der Waals surface area (Å²) in [5.41, 5.74) is 8.93. The van der Waals surface area contributed by atoms with Gasteiger partial charge in [0.25, 0.3) is 0 Å². The molecule has 1 heterocycles. The summed E-state index contributed by atoms with van der Waals surface area (Å²) in [4.78, 5) is 12.3. The van der Waals surface area contributed by atoms with Crippen LogP contribution in [0.1, 0.15) is 11.6 Å². The second-order valence-electron chi connectivity index (χ2n) is 5.20. The molecule has 2 aromatic carbocycles. The van der Waals surface area contributed by atoms with Crippen LogP contribution < -0.4 is 11.1 Å². The fraction of sp³-hybridized carbons (Fsp3) is 0.0588. The maximum Gasteiger partial charge on any atom is 0.245 e. The van der Waals surface area contributed by atoms with Crippen LogP contribution in [-0.4, -0.2) is 16.1 Å². The molecule has 0 fully saturated rings. The van der Waals surface area contributed by atoms with Crippen LogP contribution in [-0.2, 0) is 4.79 Å². The van der Waals surface area contributed by atoms with Gasteiger partial charge in [-0.3, -0.25) is 9.89 Å². The zero-order valence-corrected chi connectivity index (χ0v) is 14.0. The third kappa shape index (κ3) is 3.59. The average Bonchev–Trinajstić information content (AvgIpc) is 3.09. The Balaban J connectivity index is 1.74. The quantitative estimate of drug-likeness (QED) is 0.656. The lowest BCUT2D eigenvalue weighted by Crippen LogP contribution is -2.27. The van der Waals surface area contributed by atoms with Crippen LogP contribution >= 0.6 is 23.2 Å². The molecule has 0 aliphatic carbocycles. The van der Waals surface area contributed by atoms with Gasteiger partial charge in [-0.05, 0) is 29.8 Å². The van der Waals surface area contributed by atoms with E-state index >= 15 is 0 Å². The summed E-state index contributed by atoms with van der Waals surface area (Å²) in [7, 11) is 0. The smallest absolute Gasteiger partial charge is 0.245 e. The molecule has 0 aliphatic rings.